The fourth-order valence-corrected chi connectivity index (χ4v) is 3.55. The van der Waals surface area contributed by atoms with Crippen molar-refractivity contribution in [3.8, 4) is 0 Å². The minimum absolute atomic E-state index is 0.144. The van der Waals surface area contributed by atoms with E-state index in [4.69, 9.17) is 9.73 Å². The molecule has 1 aromatic rings. The van der Waals surface area contributed by atoms with Gasteiger partial charge in [-0.25, -0.2) is 4.99 Å². The van der Waals surface area contributed by atoms with Crippen LogP contribution >= 0.6 is 0 Å². The van der Waals surface area contributed by atoms with Gasteiger partial charge in [-0.15, -0.1) is 0 Å². The monoisotopic (exact) mass is 397 g/mol. The molecular weight excluding hydrogens is 363 g/mol. The van der Waals surface area contributed by atoms with Gasteiger partial charge in [-0.2, -0.15) is 13.2 Å². The molecule has 1 aliphatic rings. The van der Waals surface area contributed by atoms with Crippen LogP contribution in [0.2, 0.25) is 0 Å². The Morgan fingerprint density at radius 1 is 0.893 bits per heavy atom. The molecule has 28 heavy (non-hydrogen) atoms. The number of nitrogens with zero attached hydrogens (tertiary/aromatic N) is 1. The highest BCUT2D eigenvalue weighted by Gasteiger charge is 2.28. The Hall–Kier alpha value is -1.52. The lowest BCUT2D eigenvalue weighted by Crippen LogP contribution is -2.17. The van der Waals surface area contributed by atoms with Crippen molar-refractivity contribution in [1.82, 2.24) is 0 Å². The summed E-state index contributed by atoms with van der Waals surface area (Å²) in [5.41, 5.74) is 2.27. The predicted octanol–water partition coefficient (Wildman–Crippen LogP) is 7.25. The van der Waals surface area contributed by atoms with Gasteiger partial charge in [0, 0.05) is 12.0 Å². The SMILES string of the molecule is CC1(C)COC(c2ccccc2CCCCCCCCCCCC(F)(F)F)=N1. The van der Waals surface area contributed by atoms with Crippen LogP contribution in [0.25, 0.3) is 0 Å². The molecule has 0 spiro atoms. The Bertz CT molecular complexity index is 623. The molecule has 0 amide bonds. The van der Waals surface area contributed by atoms with Gasteiger partial charge in [-0.05, 0) is 44.7 Å². The summed E-state index contributed by atoms with van der Waals surface area (Å²) in [5.74, 6) is 0.770. The zero-order valence-electron chi connectivity index (χ0n) is 17.3. The van der Waals surface area contributed by atoms with Crippen LogP contribution in [0.3, 0.4) is 0 Å². The summed E-state index contributed by atoms with van der Waals surface area (Å²) in [5, 5.41) is 0. The van der Waals surface area contributed by atoms with Crippen molar-refractivity contribution in [2.45, 2.75) is 96.2 Å². The Balaban J connectivity index is 1.57. The van der Waals surface area contributed by atoms with Gasteiger partial charge in [0.05, 0.1) is 5.54 Å². The Morgan fingerprint density at radius 3 is 2.04 bits per heavy atom. The van der Waals surface area contributed by atoms with Gasteiger partial charge in [0.25, 0.3) is 0 Å². The van der Waals surface area contributed by atoms with Crippen molar-refractivity contribution < 1.29 is 17.9 Å². The van der Waals surface area contributed by atoms with E-state index >= 15 is 0 Å². The van der Waals surface area contributed by atoms with E-state index in [9.17, 15) is 13.2 Å². The first-order valence-corrected chi connectivity index (χ1v) is 10.6. The molecule has 0 aromatic heterocycles. The van der Waals surface area contributed by atoms with E-state index in [1.54, 1.807) is 0 Å². The van der Waals surface area contributed by atoms with Gasteiger partial charge in [0.2, 0.25) is 5.90 Å². The Kier molecular flexibility index (Phi) is 8.84. The molecule has 0 aliphatic carbocycles. The van der Waals surface area contributed by atoms with E-state index in [0.29, 0.717) is 13.0 Å². The maximum absolute atomic E-state index is 12.1. The van der Waals surface area contributed by atoms with Crippen molar-refractivity contribution in [2.24, 2.45) is 4.99 Å². The summed E-state index contributed by atoms with van der Waals surface area (Å²) >= 11 is 0. The third-order valence-electron chi connectivity index (χ3n) is 5.12. The van der Waals surface area contributed by atoms with Crippen LogP contribution in [0, 0.1) is 0 Å². The molecule has 0 unspecified atom stereocenters. The van der Waals surface area contributed by atoms with E-state index in [1.807, 2.05) is 6.07 Å². The van der Waals surface area contributed by atoms with Crippen LogP contribution in [0.1, 0.15) is 89.2 Å². The number of ether oxygens (including phenoxy) is 1. The second kappa shape index (κ2) is 10.9. The smallest absolute Gasteiger partial charge is 0.389 e. The summed E-state index contributed by atoms with van der Waals surface area (Å²) in [4.78, 5) is 4.70. The van der Waals surface area contributed by atoms with Crippen molar-refractivity contribution in [2.75, 3.05) is 6.61 Å². The molecule has 5 heteroatoms. The number of halogens is 3. The molecule has 0 bridgehead atoms. The third-order valence-corrected chi connectivity index (χ3v) is 5.12. The van der Waals surface area contributed by atoms with E-state index in [1.165, 1.54) is 24.8 Å². The van der Waals surface area contributed by atoms with Crippen molar-refractivity contribution in [3.63, 3.8) is 0 Å². The van der Waals surface area contributed by atoms with Gasteiger partial charge in [0.15, 0.2) is 0 Å². The lowest BCUT2D eigenvalue weighted by molar-refractivity contribution is -0.135. The van der Waals surface area contributed by atoms with Gasteiger partial charge >= 0.3 is 6.18 Å². The molecule has 0 saturated heterocycles. The summed E-state index contributed by atoms with van der Waals surface area (Å²) in [7, 11) is 0. The molecule has 1 heterocycles. The first-order valence-electron chi connectivity index (χ1n) is 10.6. The molecule has 0 fully saturated rings. The number of benzene rings is 1. The van der Waals surface area contributed by atoms with Gasteiger partial charge in [-0.1, -0.05) is 63.1 Å². The molecule has 158 valence electrons. The van der Waals surface area contributed by atoms with Gasteiger partial charge in [-0.3, -0.25) is 0 Å². The van der Waals surface area contributed by atoms with E-state index in [2.05, 4.69) is 32.0 Å². The standard InChI is InChI=1S/C23H34F3NO/c1-22(2)18-28-21(27-22)20-16-12-11-15-19(20)14-10-8-6-4-3-5-7-9-13-17-23(24,25)26/h11-12,15-16H,3-10,13-14,17-18H2,1-2H3. The maximum Gasteiger partial charge on any atom is 0.389 e. The number of alkyl halides is 3. The van der Waals surface area contributed by atoms with Crippen LogP contribution in [0.15, 0.2) is 29.3 Å². The van der Waals surface area contributed by atoms with Crippen LogP contribution in [0.5, 0.6) is 0 Å². The second-order valence-electron chi connectivity index (χ2n) is 8.47. The van der Waals surface area contributed by atoms with Crippen molar-refractivity contribution in [3.05, 3.63) is 35.4 Å². The number of hydrogen-bond acceptors (Lipinski definition) is 2. The molecule has 0 N–H and O–H groups in total. The predicted molar refractivity (Wildman–Crippen MR) is 109 cm³/mol. The van der Waals surface area contributed by atoms with Crippen LogP contribution < -0.4 is 0 Å². The second-order valence-corrected chi connectivity index (χ2v) is 8.47. The first kappa shape index (κ1) is 22.8. The minimum Gasteiger partial charge on any atom is -0.475 e. The summed E-state index contributed by atoms with van der Waals surface area (Å²) in [6.07, 6.45) is 5.14. The maximum atomic E-state index is 12.1. The van der Waals surface area contributed by atoms with Gasteiger partial charge in [0.1, 0.15) is 6.61 Å². The molecule has 0 saturated carbocycles. The van der Waals surface area contributed by atoms with E-state index in [-0.39, 0.29) is 12.0 Å². The number of unbranched alkanes of at least 4 members (excludes halogenated alkanes) is 8. The summed E-state index contributed by atoms with van der Waals surface area (Å²) in [6, 6.07) is 8.35. The minimum atomic E-state index is -3.99. The summed E-state index contributed by atoms with van der Waals surface area (Å²) < 4.78 is 42.0. The topological polar surface area (TPSA) is 21.6 Å². The highest BCUT2D eigenvalue weighted by Crippen LogP contribution is 2.24. The van der Waals surface area contributed by atoms with Crippen LogP contribution in [0.4, 0.5) is 13.2 Å². The fraction of sp³-hybridized carbons (Fsp3) is 0.696. The number of aliphatic imine (C=N–C) groups is 1. The van der Waals surface area contributed by atoms with Crippen LogP contribution in [-0.4, -0.2) is 24.2 Å². The quantitative estimate of drug-likeness (QED) is 0.340. The Morgan fingerprint density at radius 2 is 1.46 bits per heavy atom. The normalized spacial score (nSPS) is 16.1. The number of rotatable bonds is 12. The first-order chi connectivity index (χ1) is 13.3. The largest absolute Gasteiger partial charge is 0.475 e. The highest BCUT2D eigenvalue weighted by atomic mass is 19.4. The lowest BCUT2D eigenvalue weighted by Gasteiger charge is -2.09. The Labute approximate surface area is 167 Å². The molecule has 0 atom stereocenters. The molecule has 2 rings (SSSR count). The molecule has 0 radical (unpaired) electrons. The molecule has 2 nitrogen and oxygen atoms in total. The molecular formula is C23H34F3NO. The third kappa shape index (κ3) is 8.66. The summed E-state index contributed by atoms with van der Waals surface area (Å²) in [6.45, 7) is 4.80. The van der Waals surface area contributed by atoms with Crippen LogP contribution in [-0.2, 0) is 11.2 Å². The average molecular weight is 398 g/mol. The molecule has 1 aliphatic heterocycles. The van der Waals surface area contributed by atoms with Crippen molar-refractivity contribution >= 4 is 5.90 Å². The lowest BCUT2D eigenvalue weighted by atomic mass is 10.00. The zero-order chi connectivity index (χ0) is 20.5. The average Bonchev–Trinajstić information content (AvgIpc) is 2.99. The zero-order valence-corrected chi connectivity index (χ0v) is 17.3. The van der Waals surface area contributed by atoms with E-state index in [0.717, 1.165) is 43.6 Å². The highest BCUT2D eigenvalue weighted by molar-refractivity contribution is 5.96. The fourth-order valence-electron chi connectivity index (χ4n) is 3.55. The molecule has 1 aromatic carbocycles. The van der Waals surface area contributed by atoms with Crippen molar-refractivity contribution in [1.29, 1.82) is 0 Å². The van der Waals surface area contributed by atoms with Gasteiger partial charge < -0.3 is 4.74 Å². The van der Waals surface area contributed by atoms with E-state index < -0.39 is 12.6 Å². The number of aryl methyl sites for hydroxylation is 1. The number of hydrogen-bond donors (Lipinski definition) is 0.